The number of thiophene rings is 1. The van der Waals surface area contributed by atoms with Gasteiger partial charge in [-0.25, -0.2) is 13.1 Å². The standard InChI is InChI=1S/C15H19N3O3S2/c19-23(20,15-4-2-10-22-15)17-12-14(13-3-1-5-16-11-13)18-6-8-21-9-7-18/h1-5,10-11,14,17H,6-9,12H2/p+1. The van der Waals surface area contributed by atoms with Crippen molar-refractivity contribution in [2.45, 2.75) is 10.3 Å². The lowest BCUT2D eigenvalue weighted by atomic mass is 10.1. The topological polar surface area (TPSA) is 72.7 Å². The lowest BCUT2D eigenvalue weighted by molar-refractivity contribution is -0.937. The fraction of sp³-hybridized carbons (Fsp3) is 0.400. The Morgan fingerprint density at radius 1 is 1.30 bits per heavy atom. The molecule has 2 N–H and O–H groups in total. The molecule has 1 aliphatic heterocycles. The maximum absolute atomic E-state index is 12.4. The van der Waals surface area contributed by atoms with E-state index >= 15 is 0 Å². The third-order valence-corrected chi connectivity index (χ3v) is 6.77. The van der Waals surface area contributed by atoms with Crippen molar-refractivity contribution < 1.29 is 18.1 Å². The Kier molecular flexibility index (Phi) is 5.39. The molecule has 3 heterocycles. The second-order valence-electron chi connectivity index (χ2n) is 5.39. The van der Waals surface area contributed by atoms with Gasteiger partial charge in [0.25, 0.3) is 0 Å². The first kappa shape index (κ1) is 16.5. The average Bonchev–Trinajstić information content (AvgIpc) is 3.12. The van der Waals surface area contributed by atoms with Gasteiger partial charge in [0, 0.05) is 18.0 Å². The second kappa shape index (κ2) is 7.50. The zero-order valence-electron chi connectivity index (χ0n) is 12.6. The number of sulfonamides is 1. The lowest BCUT2D eigenvalue weighted by Gasteiger charge is -2.31. The fourth-order valence-electron chi connectivity index (χ4n) is 2.74. The van der Waals surface area contributed by atoms with Gasteiger partial charge >= 0.3 is 0 Å². The molecule has 0 aromatic carbocycles. The third-order valence-electron chi connectivity index (χ3n) is 3.95. The highest BCUT2D eigenvalue weighted by atomic mass is 32.2. The maximum atomic E-state index is 12.4. The van der Waals surface area contributed by atoms with Crippen molar-refractivity contribution in [1.29, 1.82) is 0 Å². The minimum Gasteiger partial charge on any atom is -0.370 e. The van der Waals surface area contributed by atoms with Gasteiger partial charge in [0.15, 0.2) is 0 Å². The van der Waals surface area contributed by atoms with E-state index in [1.165, 1.54) is 16.2 Å². The summed E-state index contributed by atoms with van der Waals surface area (Å²) in [6, 6.07) is 7.27. The summed E-state index contributed by atoms with van der Waals surface area (Å²) in [7, 11) is -3.46. The first-order valence-electron chi connectivity index (χ1n) is 7.52. The van der Waals surface area contributed by atoms with Crippen LogP contribution in [0.2, 0.25) is 0 Å². The zero-order chi connectivity index (χ0) is 16.1. The maximum Gasteiger partial charge on any atom is 0.250 e. The molecule has 1 fully saturated rings. The second-order valence-corrected chi connectivity index (χ2v) is 8.34. The largest absolute Gasteiger partial charge is 0.370 e. The minimum absolute atomic E-state index is 0.0299. The Balaban J connectivity index is 1.76. The molecule has 23 heavy (non-hydrogen) atoms. The Bertz CT molecular complexity index is 699. The van der Waals surface area contributed by atoms with Crippen molar-refractivity contribution in [3.05, 3.63) is 47.6 Å². The highest BCUT2D eigenvalue weighted by molar-refractivity contribution is 7.91. The normalized spacial score (nSPS) is 17.9. The predicted molar refractivity (Wildman–Crippen MR) is 88.0 cm³/mol. The summed E-state index contributed by atoms with van der Waals surface area (Å²) in [5, 5.41) is 1.76. The summed E-state index contributed by atoms with van der Waals surface area (Å²) in [4.78, 5) is 5.49. The molecular weight excluding hydrogens is 334 g/mol. The molecule has 8 heteroatoms. The van der Waals surface area contributed by atoms with E-state index in [0.717, 1.165) is 18.7 Å². The quantitative estimate of drug-likeness (QED) is 0.771. The van der Waals surface area contributed by atoms with Gasteiger partial charge in [0.1, 0.15) is 23.3 Å². The van der Waals surface area contributed by atoms with E-state index in [4.69, 9.17) is 4.74 Å². The molecule has 2 aromatic heterocycles. The van der Waals surface area contributed by atoms with Crippen molar-refractivity contribution in [3.63, 3.8) is 0 Å². The molecule has 1 saturated heterocycles. The number of pyridine rings is 1. The van der Waals surface area contributed by atoms with Gasteiger partial charge in [-0.2, -0.15) is 0 Å². The summed E-state index contributed by atoms with van der Waals surface area (Å²) in [6.07, 6.45) is 3.54. The molecule has 6 nitrogen and oxygen atoms in total. The molecule has 2 aromatic rings. The van der Waals surface area contributed by atoms with Crippen molar-refractivity contribution in [1.82, 2.24) is 9.71 Å². The number of hydrogen-bond donors (Lipinski definition) is 2. The van der Waals surface area contributed by atoms with Crippen molar-refractivity contribution in [2.24, 2.45) is 0 Å². The van der Waals surface area contributed by atoms with E-state index < -0.39 is 10.0 Å². The molecule has 1 atom stereocenters. The van der Waals surface area contributed by atoms with E-state index in [-0.39, 0.29) is 6.04 Å². The van der Waals surface area contributed by atoms with E-state index in [1.54, 1.807) is 23.7 Å². The Labute approximate surface area is 140 Å². The molecule has 3 rings (SSSR count). The number of ether oxygens (including phenoxy) is 1. The van der Waals surface area contributed by atoms with Gasteiger partial charge in [0.2, 0.25) is 10.0 Å². The van der Waals surface area contributed by atoms with Crippen LogP contribution < -0.4 is 9.62 Å². The lowest BCUT2D eigenvalue weighted by Crippen LogP contribution is -3.15. The molecule has 0 amide bonds. The SMILES string of the molecule is O=S(=O)(NCC(c1cccnc1)[NH+]1CCOCC1)c1cccs1. The number of rotatable bonds is 6. The molecule has 0 radical (unpaired) electrons. The fourth-order valence-corrected chi connectivity index (χ4v) is 4.83. The molecule has 0 saturated carbocycles. The molecule has 0 bridgehead atoms. The summed E-state index contributed by atoms with van der Waals surface area (Å²) in [5.41, 5.74) is 1.04. The number of hydrogen-bond acceptors (Lipinski definition) is 5. The van der Waals surface area contributed by atoms with Crippen LogP contribution in [0.25, 0.3) is 0 Å². The van der Waals surface area contributed by atoms with Crippen LogP contribution in [0.15, 0.2) is 46.2 Å². The smallest absolute Gasteiger partial charge is 0.250 e. The van der Waals surface area contributed by atoms with Crippen LogP contribution in [-0.2, 0) is 14.8 Å². The number of aromatic nitrogens is 1. The summed E-state index contributed by atoms with van der Waals surface area (Å²) < 4.78 is 33.2. The molecular formula is C15H20N3O3S2+. The van der Waals surface area contributed by atoms with Gasteiger partial charge in [-0.15, -0.1) is 11.3 Å². The predicted octanol–water partition coefficient (Wildman–Crippen LogP) is 0.0778. The van der Waals surface area contributed by atoms with Crippen LogP contribution in [-0.4, -0.2) is 46.2 Å². The number of morpholine rings is 1. The third kappa shape index (κ3) is 4.15. The van der Waals surface area contributed by atoms with Crippen LogP contribution in [0, 0.1) is 0 Å². The first-order valence-corrected chi connectivity index (χ1v) is 9.88. The Morgan fingerprint density at radius 2 is 2.13 bits per heavy atom. The molecule has 0 aliphatic carbocycles. The van der Waals surface area contributed by atoms with E-state index in [0.29, 0.717) is 24.0 Å². The Hall–Kier alpha value is -1.32. The van der Waals surface area contributed by atoms with Crippen molar-refractivity contribution in [2.75, 3.05) is 32.8 Å². The summed E-state index contributed by atoms with van der Waals surface area (Å²) in [6.45, 7) is 3.47. The van der Waals surface area contributed by atoms with Crippen LogP contribution >= 0.6 is 11.3 Å². The minimum atomic E-state index is -3.46. The number of nitrogens with one attached hydrogen (secondary N) is 2. The molecule has 1 aliphatic rings. The number of quaternary nitrogens is 1. The molecule has 1 unspecified atom stereocenters. The first-order chi connectivity index (χ1) is 11.2. The van der Waals surface area contributed by atoms with Gasteiger partial charge in [-0.3, -0.25) is 4.98 Å². The zero-order valence-corrected chi connectivity index (χ0v) is 14.3. The molecule has 0 spiro atoms. The van der Waals surface area contributed by atoms with Crippen LogP contribution in [0.4, 0.5) is 0 Å². The van der Waals surface area contributed by atoms with E-state index in [2.05, 4.69) is 9.71 Å². The van der Waals surface area contributed by atoms with Gasteiger partial charge < -0.3 is 9.64 Å². The van der Waals surface area contributed by atoms with E-state index in [9.17, 15) is 8.42 Å². The van der Waals surface area contributed by atoms with E-state index in [1.807, 2.05) is 18.3 Å². The Morgan fingerprint density at radius 3 is 2.78 bits per heavy atom. The molecule has 124 valence electrons. The van der Waals surface area contributed by atoms with Crippen molar-refractivity contribution >= 4 is 21.4 Å². The number of nitrogens with zero attached hydrogens (tertiary/aromatic N) is 1. The van der Waals surface area contributed by atoms with Crippen LogP contribution in [0.1, 0.15) is 11.6 Å². The van der Waals surface area contributed by atoms with Crippen molar-refractivity contribution in [3.8, 4) is 0 Å². The van der Waals surface area contributed by atoms with Gasteiger partial charge in [0.05, 0.1) is 19.8 Å². The monoisotopic (exact) mass is 354 g/mol. The summed E-state index contributed by atoms with van der Waals surface area (Å²) in [5.74, 6) is 0. The van der Waals surface area contributed by atoms with Gasteiger partial charge in [-0.1, -0.05) is 6.07 Å². The van der Waals surface area contributed by atoms with Crippen LogP contribution in [0.5, 0.6) is 0 Å². The highest BCUT2D eigenvalue weighted by Gasteiger charge is 2.28. The summed E-state index contributed by atoms with van der Waals surface area (Å²) >= 11 is 1.22. The average molecular weight is 354 g/mol. The van der Waals surface area contributed by atoms with Gasteiger partial charge in [-0.05, 0) is 23.6 Å². The highest BCUT2D eigenvalue weighted by Crippen LogP contribution is 2.16. The van der Waals surface area contributed by atoms with Crippen LogP contribution in [0.3, 0.4) is 0 Å².